The maximum absolute atomic E-state index is 14.3. The van der Waals surface area contributed by atoms with Gasteiger partial charge in [-0.3, -0.25) is 9.36 Å². The Morgan fingerprint density at radius 1 is 1.17 bits per heavy atom. The predicted molar refractivity (Wildman–Crippen MR) is 150 cm³/mol. The van der Waals surface area contributed by atoms with Crippen LogP contribution in [-0.2, 0) is 28.8 Å². The fourth-order valence-electron chi connectivity index (χ4n) is 6.73. The second-order valence-electron chi connectivity index (χ2n) is 12.1. The smallest absolute Gasteiger partial charge is 0.279 e. The van der Waals surface area contributed by atoms with Gasteiger partial charge in [0.1, 0.15) is 17.7 Å². The minimum Gasteiger partial charge on any atom is -0.353 e. The van der Waals surface area contributed by atoms with E-state index in [1.807, 2.05) is 30.5 Å². The van der Waals surface area contributed by atoms with Gasteiger partial charge in [-0.25, -0.2) is 17.2 Å². The Hall–Kier alpha value is -3.38. The molecule has 1 aromatic carbocycles. The van der Waals surface area contributed by atoms with Gasteiger partial charge >= 0.3 is 0 Å². The average Bonchev–Trinajstić information content (AvgIpc) is 3.51. The number of nitrogens with zero attached hydrogens (tertiary/aromatic N) is 4. The summed E-state index contributed by atoms with van der Waals surface area (Å²) in [6.07, 6.45) is 6.20. The highest BCUT2D eigenvalue weighted by molar-refractivity contribution is 7.91. The lowest BCUT2D eigenvalue weighted by molar-refractivity contribution is -0.116. The topological polar surface area (TPSA) is 115 Å². The van der Waals surface area contributed by atoms with Crippen molar-refractivity contribution in [3.8, 4) is 5.69 Å². The molecule has 216 valence electrons. The highest BCUT2D eigenvalue weighted by Gasteiger charge is 2.60. The first-order valence-electron chi connectivity index (χ1n) is 14.1. The van der Waals surface area contributed by atoms with Crippen molar-refractivity contribution in [1.29, 1.82) is 0 Å². The Balaban J connectivity index is 1.26. The monoisotopic (exact) mass is 582 g/mol. The van der Waals surface area contributed by atoms with E-state index in [9.17, 15) is 22.0 Å². The summed E-state index contributed by atoms with van der Waals surface area (Å²) in [5.74, 6) is -1.60. The average molecular weight is 583 g/mol. The van der Waals surface area contributed by atoms with Crippen molar-refractivity contribution in [2.24, 2.45) is 7.05 Å². The summed E-state index contributed by atoms with van der Waals surface area (Å²) in [6.45, 7) is 0.433. The molecule has 1 atom stereocenters. The number of H-pyrrole nitrogens is 1. The molecule has 3 fully saturated rings. The molecule has 2 N–H and O–H groups in total. The quantitative estimate of drug-likeness (QED) is 0.344. The van der Waals surface area contributed by atoms with Crippen LogP contribution in [0.5, 0.6) is 0 Å². The van der Waals surface area contributed by atoms with Crippen LogP contribution in [-0.4, -0.2) is 56.2 Å². The zero-order valence-corrected chi connectivity index (χ0v) is 23.6. The first-order valence-corrected chi connectivity index (χ1v) is 15.9. The second-order valence-corrected chi connectivity index (χ2v) is 14.3. The van der Waals surface area contributed by atoms with E-state index >= 15 is 0 Å². The van der Waals surface area contributed by atoms with E-state index in [1.54, 1.807) is 22.2 Å². The molecule has 1 aliphatic heterocycles. The molecule has 3 aliphatic rings. The van der Waals surface area contributed by atoms with Gasteiger partial charge < -0.3 is 14.9 Å². The third-order valence-electron chi connectivity index (χ3n) is 8.88. The Bertz CT molecular complexity index is 1810. The SMILES string of the molecule is Cn1cnnc1C1(c2cccc(-n3cc(C4CC4)c4cc(CNC5CCCS(=O)(=O)C5)[nH]c4c3=O)c2)CC(F)(F)C1. The van der Waals surface area contributed by atoms with Gasteiger partial charge in [-0.2, -0.15) is 0 Å². The lowest BCUT2D eigenvalue weighted by atomic mass is 9.61. The molecule has 2 aliphatic carbocycles. The maximum atomic E-state index is 14.3. The number of pyridine rings is 1. The van der Waals surface area contributed by atoms with E-state index in [-0.39, 0.29) is 35.9 Å². The number of aromatic nitrogens is 5. The summed E-state index contributed by atoms with van der Waals surface area (Å²) >= 11 is 0. The van der Waals surface area contributed by atoms with Gasteiger partial charge in [-0.05, 0) is 60.9 Å². The second kappa shape index (κ2) is 9.32. The number of hydrogen-bond acceptors (Lipinski definition) is 6. The van der Waals surface area contributed by atoms with E-state index in [0.29, 0.717) is 41.5 Å². The molecule has 1 unspecified atom stereocenters. The summed E-state index contributed by atoms with van der Waals surface area (Å²) in [4.78, 5) is 17.1. The molecule has 0 bridgehead atoms. The molecule has 4 heterocycles. The number of benzene rings is 1. The van der Waals surface area contributed by atoms with Crippen LogP contribution >= 0.6 is 0 Å². The molecule has 0 spiro atoms. The first-order chi connectivity index (χ1) is 19.5. The molecule has 0 radical (unpaired) electrons. The molecular weight excluding hydrogens is 550 g/mol. The van der Waals surface area contributed by atoms with Gasteiger partial charge in [0.2, 0.25) is 0 Å². The van der Waals surface area contributed by atoms with Crippen LogP contribution < -0.4 is 10.9 Å². The normalized spacial score (nSPS) is 23.0. The number of alkyl halides is 2. The van der Waals surface area contributed by atoms with Crippen LogP contribution in [0, 0.1) is 0 Å². The van der Waals surface area contributed by atoms with Gasteiger partial charge in [-0.1, -0.05) is 12.1 Å². The van der Waals surface area contributed by atoms with Gasteiger partial charge in [0.25, 0.3) is 11.5 Å². The predicted octanol–water partition coefficient (Wildman–Crippen LogP) is 3.71. The summed E-state index contributed by atoms with van der Waals surface area (Å²) < 4.78 is 56.0. The van der Waals surface area contributed by atoms with Crippen LogP contribution in [0.15, 0.2) is 47.7 Å². The van der Waals surface area contributed by atoms with E-state index in [2.05, 4.69) is 20.5 Å². The molecule has 0 amide bonds. The zero-order valence-electron chi connectivity index (χ0n) is 22.7. The summed E-state index contributed by atoms with van der Waals surface area (Å²) in [5, 5.41) is 12.4. The Morgan fingerprint density at radius 2 is 1.98 bits per heavy atom. The van der Waals surface area contributed by atoms with Crippen LogP contribution in [0.4, 0.5) is 8.78 Å². The fraction of sp³-hybridized carbons (Fsp3) is 0.483. The molecule has 7 rings (SSSR count). The molecular formula is C29H32F2N6O3S. The first kappa shape index (κ1) is 26.5. The minimum absolute atomic E-state index is 0.109. The van der Waals surface area contributed by atoms with E-state index in [0.717, 1.165) is 35.9 Å². The lowest BCUT2D eigenvalue weighted by Gasteiger charge is -2.46. The van der Waals surface area contributed by atoms with Gasteiger partial charge in [0.15, 0.2) is 9.84 Å². The summed E-state index contributed by atoms with van der Waals surface area (Å²) in [5.41, 5.74) is 2.46. The van der Waals surface area contributed by atoms with Crippen LogP contribution in [0.2, 0.25) is 0 Å². The maximum Gasteiger partial charge on any atom is 0.279 e. The lowest BCUT2D eigenvalue weighted by Crippen LogP contribution is -2.51. The van der Waals surface area contributed by atoms with Crippen molar-refractivity contribution in [2.45, 2.75) is 68.4 Å². The Morgan fingerprint density at radius 3 is 2.66 bits per heavy atom. The minimum atomic E-state index is -3.03. The fourth-order valence-corrected chi connectivity index (χ4v) is 8.40. The summed E-state index contributed by atoms with van der Waals surface area (Å²) in [7, 11) is -1.27. The Labute approximate surface area is 235 Å². The van der Waals surface area contributed by atoms with E-state index < -0.39 is 21.2 Å². The third kappa shape index (κ3) is 4.70. The molecule has 3 aromatic heterocycles. The Kier molecular flexibility index (Phi) is 6.02. The number of halogens is 2. The van der Waals surface area contributed by atoms with Gasteiger partial charge in [-0.15, -0.1) is 10.2 Å². The van der Waals surface area contributed by atoms with Crippen molar-refractivity contribution >= 4 is 20.7 Å². The van der Waals surface area contributed by atoms with Crippen LogP contribution in [0.3, 0.4) is 0 Å². The number of rotatable bonds is 7. The highest BCUT2D eigenvalue weighted by Crippen LogP contribution is 2.56. The van der Waals surface area contributed by atoms with Crippen molar-refractivity contribution in [1.82, 2.24) is 29.6 Å². The number of nitrogens with one attached hydrogen (secondary N) is 2. The third-order valence-corrected chi connectivity index (χ3v) is 10.7. The zero-order chi connectivity index (χ0) is 28.6. The van der Waals surface area contributed by atoms with E-state index in [4.69, 9.17) is 0 Å². The van der Waals surface area contributed by atoms with Crippen molar-refractivity contribution in [2.75, 3.05) is 11.5 Å². The highest BCUT2D eigenvalue weighted by atomic mass is 32.2. The van der Waals surface area contributed by atoms with Crippen LogP contribution in [0.25, 0.3) is 16.6 Å². The number of fused-ring (bicyclic) bond motifs is 1. The van der Waals surface area contributed by atoms with E-state index in [1.165, 1.54) is 6.33 Å². The number of aromatic amines is 1. The number of aryl methyl sites for hydroxylation is 1. The largest absolute Gasteiger partial charge is 0.353 e. The summed E-state index contributed by atoms with van der Waals surface area (Å²) in [6, 6.07) is 9.15. The number of sulfone groups is 1. The van der Waals surface area contributed by atoms with Gasteiger partial charge in [0, 0.05) is 55.4 Å². The molecule has 1 saturated heterocycles. The molecule has 2 saturated carbocycles. The van der Waals surface area contributed by atoms with Crippen molar-refractivity contribution < 1.29 is 17.2 Å². The van der Waals surface area contributed by atoms with Crippen molar-refractivity contribution in [3.05, 3.63) is 75.9 Å². The molecule has 12 heteroatoms. The molecule has 4 aromatic rings. The van der Waals surface area contributed by atoms with Crippen molar-refractivity contribution in [3.63, 3.8) is 0 Å². The molecule has 9 nitrogen and oxygen atoms in total. The standard InChI is InChI=1S/C29H32F2N6O3S/c1-36-17-33-35-27(36)28(15-29(30,31)16-28)19-4-2-6-22(10-19)37-13-24(18-7-8-18)23-11-21(34-25(23)26(37)38)12-32-20-5-3-9-41(39,40)14-20/h2,4,6,10-11,13,17-18,20,32,34H,3,5,7-9,12,14-16H2,1H3. The van der Waals surface area contributed by atoms with Gasteiger partial charge in [0.05, 0.1) is 16.9 Å². The molecule has 41 heavy (non-hydrogen) atoms. The van der Waals surface area contributed by atoms with Crippen LogP contribution in [0.1, 0.15) is 67.1 Å². The number of hydrogen-bond donors (Lipinski definition) is 2.